The van der Waals surface area contributed by atoms with Crippen molar-refractivity contribution in [2.75, 3.05) is 5.32 Å². The Bertz CT molecular complexity index is 729. The number of nitrogens with zero attached hydrogens (tertiary/aromatic N) is 2. The van der Waals surface area contributed by atoms with Crippen molar-refractivity contribution in [2.24, 2.45) is 0 Å². The molecule has 1 unspecified atom stereocenters. The Hall–Kier alpha value is -2.76. The molecule has 0 aliphatic rings. The molecule has 2 N–H and O–H groups in total. The van der Waals surface area contributed by atoms with Crippen LogP contribution in [0.4, 0.5) is 5.69 Å². The van der Waals surface area contributed by atoms with Crippen molar-refractivity contribution in [3.63, 3.8) is 0 Å². The van der Waals surface area contributed by atoms with Gasteiger partial charge in [0.1, 0.15) is 6.33 Å². The minimum Gasteiger partial charge on any atom is -0.481 e. The van der Waals surface area contributed by atoms with Gasteiger partial charge in [-0.15, -0.1) is 0 Å². The maximum absolute atomic E-state index is 12.4. The molecule has 1 atom stereocenters. The van der Waals surface area contributed by atoms with Crippen LogP contribution in [0.3, 0.4) is 0 Å². The molecule has 1 aromatic heterocycles. The number of carbonyl (C=O) groups is 2. The zero-order valence-corrected chi connectivity index (χ0v) is 13.3. The summed E-state index contributed by atoms with van der Waals surface area (Å²) in [5.41, 5.74) is 2.26. The van der Waals surface area contributed by atoms with Crippen molar-refractivity contribution >= 4 is 17.6 Å². The quantitative estimate of drug-likeness (QED) is 0.885. The Kier molecular flexibility index (Phi) is 5.05. The lowest BCUT2D eigenvalue weighted by molar-refractivity contribution is -0.138. The minimum absolute atomic E-state index is 0.0946. The molecule has 1 heterocycles. The normalized spacial score (nSPS) is 12.0. The second-order valence-electron chi connectivity index (χ2n) is 5.62. The van der Waals surface area contributed by atoms with Gasteiger partial charge in [-0.3, -0.25) is 9.59 Å². The number of amides is 1. The Morgan fingerprint density at radius 3 is 2.61 bits per heavy atom. The molecule has 0 aliphatic carbocycles. The number of carboxylic acid groups (broad SMARTS) is 1. The summed E-state index contributed by atoms with van der Waals surface area (Å²) in [5, 5.41) is 11.9. The van der Waals surface area contributed by atoms with Gasteiger partial charge in [-0.2, -0.15) is 0 Å². The first-order valence-electron chi connectivity index (χ1n) is 7.34. The first-order valence-corrected chi connectivity index (χ1v) is 7.34. The van der Waals surface area contributed by atoms with Gasteiger partial charge >= 0.3 is 5.97 Å². The van der Waals surface area contributed by atoms with E-state index in [-0.39, 0.29) is 11.8 Å². The van der Waals surface area contributed by atoms with E-state index >= 15 is 0 Å². The number of aromatic nitrogens is 2. The van der Waals surface area contributed by atoms with Gasteiger partial charge in [0.15, 0.2) is 0 Å². The van der Waals surface area contributed by atoms with Crippen molar-refractivity contribution in [2.45, 2.75) is 32.6 Å². The van der Waals surface area contributed by atoms with Crippen LogP contribution >= 0.6 is 0 Å². The molecule has 0 radical (unpaired) electrons. The average molecular weight is 313 g/mol. The fraction of sp³-hybridized carbons (Fsp3) is 0.294. The highest BCUT2D eigenvalue weighted by atomic mass is 16.4. The molecular formula is C17H19N3O3. The van der Waals surface area contributed by atoms with Gasteiger partial charge in [0.25, 0.3) is 5.91 Å². The highest BCUT2D eigenvalue weighted by Crippen LogP contribution is 2.21. The van der Waals surface area contributed by atoms with Crippen molar-refractivity contribution in [1.82, 2.24) is 9.97 Å². The lowest BCUT2D eigenvalue weighted by Gasteiger charge is -2.12. The average Bonchev–Trinajstić information content (AvgIpc) is 2.54. The summed E-state index contributed by atoms with van der Waals surface area (Å²) >= 11 is 0. The van der Waals surface area contributed by atoms with Crippen LogP contribution in [0.15, 0.2) is 36.8 Å². The molecule has 6 heteroatoms. The Labute approximate surface area is 134 Å². The maximum atomic E-state index is 12.4. The Balaban J connectivity index is 2.25. The summed E-state index contributed by atoms with van der Waals surface area (Å²) in [6, 6.07) is 6.82. The number of nitrogens with one attached hydrogen (secondary N) is 1. The first-order chi connectivity index (χ1) is 10.9. The smallest absolute Gasteiger partial charge is 0.310 e. The van der Waals surface area contributed by atoms with Crippen molar-refractivity contribution < 1.29 is 14.7 Å². The van der Waals surface area contributed by atoms with Crippen LogP contribution in [-0.2, 0) is 4.79 Å². The molecule has 1 amide bonds. The van der Waals surface area contributed by atoms with Gasteiger partial charge in [0.05, 0.1) is 17.2 Å². The summed E-state index contributed by atoms with van der Waals surface area (Å²) in [7, 11) is 0. The fourth-order valence-corrected chi connectivity index (χ4v) is 2.20. The molecule has 2 rings (SSSR count). The second kappa shape index (κ2) is 7.00. The lowest BCUT2D eigenvalue weighted by Crippen LogP contribution is -2.16. The highest BCUT2D eigenvalue weighted by Gasteiger charge is 2.17. The topological polar surface area (TPSA) is 92.2 Å². The number of carbonyl (C=O) groups excluding carboxylic acids is 1. The summed E-state index contributed by atoms with van der Waals surface area (Å²) in [4.78, 5) is 31.6. The number of carboxylic acids is 1. The summed E-state index contributed by atoms with van der Waals surface area (Å²) in [5.74, 6) is -1.77. The third-order valence-corrected chi connectivity index (χ3v) is 3.55. The zero-order valence-electron chi connectivity index (χ0n) is 13.3. The Morgan fingerprint density at radius 2 is 1.96 bits per heavy atom. The van der Waals surface area contributed by atoms with E-state index in [1.165, 1.54) is 12.5 Å². The molecule has 23 heavy (non-hydrogen) atoms. The van der Waals surface area contributed by atoms with E-state index in [0.717, 1.165) is 0 Å². The minimum atomic E-state index is -0.910. The highest BCUT2D eigenvalue weighted by molar-refractivity contribution is 6.05. The lowest BCUT2D eigenvalue weighted by atomic mass is 10.0. The van der Waals surface area contributed by atoms with Gasteiger partial charge in [0.2, 0.25) is 0 Å². The maximum Gasteiger partial charge on any atom is 0.310 e. The number of benzene rings is 1. The zero-order chi connectivity index (χ0) is 17.0. The first kappa shape index (κ1) is 16.6. The number of hydrogen-bond donors (Lipinski definition) is 2. The second-order valence-corrected chi connectivity index (χ2v) is 5.62. The fourth-order valence-electron chi connectivity index (χ4n) is 2.20. The van der Waals surface area contributed by atoms with Crippen LogP contribution in [0, 0.1) is 0 Å². The molecule has 0 spiro atoms. The molecule has 0 saturated heterocycles. The molecule has 0 aliphatic heterocycles. The molecule has 1 aromatic carbocycles. The summed E-state index contributed by atoms with van der Waals surface area (Å²) in [6.07, 6.45) is 2.91. The van der Waals surface area contributed by atoms with Gasteiger partial charge < -0.3 is 10.4 Å². The van der Waals surface area contributed by atoms with E-state index < -0.39 is 11.9 Å². The van der Waals surface area contributed by atoms with Crippen LogP contribution < -0.4 is 5.32 Å². The SMILES string of the molecule is CC(C)c1ncncc1C(=O)Nc1cccc(C(C)C(=O)O)c1. The van der Waals surface area contributed by atoms with Crippen LogP contribution in [0.25, 0.3) is 0 Å². The van der Waals surface area contributed by atoms with E-state index in [0.29, 0.717) is 22.5 Å². The van der Waals surface area contributed by atoms with Crippen LogP contribution in [0.5, 0.6) is 0 Å². The van der Waals surface area contributed by atoms with E-state index in [2.05, 4.69) is 15.3 Å². The van der Waals surface area contributed by atoms with E-state index in [9.17, 15) is 9.59 Å². The van der Waals surface area contributed by atoms with E-state index in [1.54, 1.807) is 31.2 Å². The van der Waals surface area contributed by atoms with Crippen molar-refractivity contribution in [3.05, 3.63) is 53.6 Å². The van der Waals surface area contributed by atoms with Crippen LogP contribution in [-0.4, -0.2) is 27.0 Å². The van der Waals surface area contributed by atoms with Gasteiger partial charge in [-0.05, 0) is 30.5 Å². The van der Waals surface area contributed by atoms with Gasteiger partial charge in [-0.25, -0.2) is 9.97 Å². The molecule has 6 nitrogen and oxygen atoms in total. The van der Waals surface area contributed by atoms with E-state index in [4.69, 9.17) is 5.11 Å². The molecular weight excluding hydrogens is 294 g/mol. The van der Waals surface area contributed by atoms with Gasteiger partial charge in [-0.1, -0.05) is 26.0 Å². The largest absolute Gasteiger partial charge is 0.481 e. The van der Waals surface area contributed by atoms with Crippen LogP contribution in [0.2, 0.25) is 0 Å². The monoisotopic (exact) mass is 313 g/mol. The predicted molar refractivity (Wildman–Crippen MR) is 86.6 cm³/mol. The Morgan fingerprint density at radius 1 is 1.22 bits per heavy atom. The third kappa shape index (κ3) is 3.91. The molecule has 120 valence electrons. The van der Waals surface area contributed by atoms with Crippen LogP contribution in [0.1, 0.15) is 54.2 Å². The molecule has 0 bridgehead atoms. The van der Waals surface area contributed by atoms with Crippen molar-refractivity contribution in [1.29, 1.82) is 0 Å². The third-order valence-electron chi connectivity index (χ3n) is 3.55. The van der Waals surface area contributed by atoms with Gasteiger partial charge in [0, 0.05) is 11.9 Å². The molecule has 2 aromatic rings. The summed E-state index contributed by atoms with van der Waals surface area (Å²) in [6.45, 7) is 5.51. The molecule has 0 fully saturated rings. The standard InChI is InChI=1S/C17H19N3O3/c1-10(2)15-14(8-18-9-19-15)16(21)20-13-6-4-5-12(7-13)11(3)17(22)23/h4-11H,1-3H3,(H,20,21)(H,22,23). The number of hydrogen-bond acceptors (Lipinski definition) is 4. The van der Waals surface area contributed by atoms with E-state index in [1.807, 2.05) is 13.8 Å². The number of anilines is 1. The van der Waals surface area contributed by atoms with Crippen molar-refractivity contribution in [3.8, 4) is 0 Å². The number of aliphatic carboxylic acids is 1. The summed E-state index contributed by atoms with van der Waals surface area (Å²) < 4.78 is 0. The number of rotatable bonds is 5. The molecule has 0 saturated carbocycles. The predicted octanol–water partition coefficient (Wildman–Crippen LogP) is 3.04.